The van der Waals surface area contributed by atoms with Gasteiger partial charge in [-0.05, 0) is 32.4 Å². The minimum absolute atomic E-state index is 0.0659. The topological polar surface area (TPSA) is 91.4 Å². The van der Waals surface area contributed by atoms with E-state index < -0.39 is 23.7 Å². The summed E-state index contributed by atoms with van der Waals surface area (Å²) in [5.74, 6) is 0.151. The van der Waals surface area contributed by atoms with E-state index in [1.54, 1.807) is 32.9 Å². The van der Waals surface area contributed by atoms with Gasteiger partial charge >= 0.3 is 12.1 Å². The van der Waals surface area contributed by atoms with Crippen LogP contribution in [-0.4, -0.2) is 63.3 Å². The SMILES string of the molecule is COC(=O)[C@H](Cc1cc(C=O)c(OC)cc1OC)N(C)C(=O)OC(C)(C)C. The zero-order valence-corrected chi connectivity index (χ0v) is 16.8. The van der Waals surface area contributed by atoms with Crippen molar-refractivity contribution in [3.05, 3.63) is 23.3 Å². The lowest BCUT2D eigenvalue weighted by Crippen LogP contribution is -2.46. The molecule has 1 rings (SSSR count). The summed E-state index contributed by atoms with van der Waals surface area (Å²) in [6, 6.07) is 2.15. The van der Waals surface area contributed by atoms with Crippen molar-refractivity contribution in [1.82, 2.24) is 4.90 Å². The predicted molar refractivity (Wildman–Crippen MR) is 98.4 cm³/mol. The van der Waals surface area contributed by atoms with Gasteiger partial charge in [0.2, 0.25) is 0 Å². The summed E-state index contributed by atoms with van der Waals surface area (Å²) in [7, 11) is 5.59. The van der Waals surface area contributed by atoms with E-state index in [0.717, 1.165) is 0 Å². The molecule has 0 saturated carbocycles. The standard InChI is InChI=1S/C19H27NO7/c1-19(2,3)27-18(23)20(4)14(17(22)26-7)9-12-8-13(11-21)16(25-6)10-15(12)24-5/h8,10-11,14H,9H2,1-7H3/t14-/m0/s1. The van der Waals surface area contributed by atoms with Gasteiger partial charge in [-0.2, -0.15) is 0 Å². The summed E-state index contributed by atoms with van der Waals surface area (Å²) in [6.07, 6.45) is 0.0455. The molecule has 1 atom stereocenters. The molecule has 0 aromatic heterocycles. The molecule has 0 aliphatic carbocycles. The van der Waals surface area contributed by atoms with E-state index >= 15 is 0 Å². The molecule has 0 fully saturated rings. The molecule has 0 aliphatic heterocycles. The van der Waals surface area contributed by atoms with Crippen molar-refractivity contribution in [3.63, 3.8) is 0 Å². The maximum absolute atomic E-state index is 12.4. The van der Waals surface area contributed by atoms with Crippen LogP contribution in [0.3, 0.4) is 0 Å². The van der Waals surface area contributed by atoms with Crippen LogP contribution >= 0.6 is 0 Å². The van der Waals surface area contributed by atoms with Gasteiger partial charge in [0.15, 0.2) is 6.29 Å². The molecular weight excluding hydrogens is 354 g/mol. The lowest BCUT2D eigenvalue weighted by molar-refractivity contribution is -0.146. The average Bonchev–Trinajstić information content (AvgIpc) is 2.62. The average molecular weight is 381 g/mol. The van der Waals surface area contributed by atoms with E-state index in [1.807, 2.05) is 0 Å². The Morgan fingerprint density at radius 1 is 1.11 bits per heavy atom. The molecular formula is C19H27NO7. The summed E-state index contributed by atoms with van der Waals surface area (Å²) in [6.45, 7) is 5.19. The van der Waals surface area contributed by atoms with Crippen LogP contribution in [0.4, 0.5) is 4.79 Å². The van der Waals surface area contributed by atoms with Crippen molar-refractivity contribution in [1.29, 1.82) is 0 Å². The number of hydrogen-bond donors (Lipinski definition) is 0. The lowest BCUT2D eigenvalue weighted by Gasteiger charge is -2.29. The molecule has 150 valence electrons. The van der Waals surface area contributed by atoms with Crippen molar-refractivity contribution < 1.29 is 33.3 Å². The van der Waals surface area contributed by atoms with Crippen molar-refractivity contribution in [2.75, 3.05) is 28.4 Å². The van der Waals surface area contributed by atoms with Gasteiger partial charge < -0.3 is 18.9 Å². The van der Waals surface area contributed by atoms with Crippen LogP contribution < -0.4 is 9.47 Å². The Hall–Kier alpha value is -2.77. The Morgan fingerprint density at radius 2 is 1.70 bits per heavy atom. The summed E-state index contributed by atoms with van der Waals surface area (Å²) in [5, 5.41) is 0. The summed E-state index contributed by atoms with van der Waals surface area (Å²) >= 11 is 0. The molecule has 0 unspecified atom stereocenters. The number of aldehydes is 1. The van der Waals surface area contributed by atoms with E-state index in [9.17, 15) is 14.4 Å². The number of esters is 1. The van der Waals surface area contributed by atoms with Gasteiger partial charge in [0.05, 0.1) is 26.9 Å². The third kappa shape index (κ3) is 5.87. The number of ether oxygens (including phenoxy) is 4. The zero-order chi connectivity index (χ0) is 20.8. The highest BCUT2D eigenvalue weighted by Gasteiger charge is 2.32. The Bertz CT molecular complexity index is 694. The van der Waals surface area contributed by atoms with Gasteiger partial charge in [-0.1, -0.05) is 0 Å². The third-order valence-electron chi connectivity index (χ3n) is 3.80. The molecule has 0 heterocycles. The molecule has 0 spiro atoms. The zero-order valence-electron chi connectivity index (χ0n) is 16.8. The summed E-state index contributed by atoms with van der Waals surface area (Å²) in [5.41, 5.74) is 0.136. The largest absolute Gasteiger partial charge is 0.496 e. The minimum atomic E-state index is -0.966. The first-order valence-corrected chi connectivity index (χ1v) is 8.31. The van der Waals surface area contributed by atoms with Crippen molar-refractivity contribution in [3.8, 4) is 11.5 Å². The first-order chi connectivity index (χ1) is 12.6. The molecule has 1 aromatic carbocycles. The number of likely N-dealkylation sites (N-methyl/N-ethyl adjacent to an activating group) is 1. The number of rotatable bonds is 7. The monoisotopic (exact) mass is 381 g/mol. The van der Waals surface area contributed by atoms with Gasteiger partial charge in [0.25, 0.3) is 0 Å². The van der Waals surface area contributed by atoms with Gasteiger partial charge in [-0.15, -0.1) is 0 Å². The Morgan fingerprint density at radius 3 is 2.15 bits per heavy atom. The first kappa shape index (κ1) is 22.3. The highest BCUT2D eigenvalue weighted by molar-refractivity contribution is 5.83. The maximum Gasteiger partial charge on any atom is 0.410 e. The minimum Gasteiger partial charge on any atom is -0.496 e. The number of nitrogens with zero attached hydrogens (tertiary/aromatic N) is 1. The Balaban J connectivity index is 3.26. The van der Waals surface area contributed by atoms with E-state index in [0.29, 0.717) is 28.9 Å². The number of carbonyl (C=O) groups excluding carboxylic acids is 3. The first-order valence-electron chi connectivity index (χ1n) is 8.31. The van der Waals surface area contributed by atoms with Crippen molar-refractivity contribution in [2.24, 2.45) is 0 Å². The Labute approximate surface area is 159 Å². The smallest absolute Gasteiger partial charge is 0.410 e. The van der Waals surface area contributed by atoms with Crippen LogP contribution in [0.2, 0.25) is 0 Å². The van der Waals surface area contributed by atoms with Gasteiger partial charge in [-0.3, -0.25) is 9.69 Å². The number of benzene rings is 1. The van der Waals surface area contributed by atoms with E-state index in [2.05, 4.69) is 0 Å². The van der Waals surface area contributed by atoms with Gasteiger partial charge in [0, 0.05) is 19.5 Å². The van der Waals surface area contributed by atoms with Crippen LogP contribution in [0.15, 0.2) is 12.1 Å². The quantitative estimate of drug-likeness (QED) is 0.529. The second-order valence-corrected chi connectivity index (χ2v) is 6.86. The van der Waals surface area contributed by atoms with E-state index in [-0.39, 0.29) is 6.42 Å². The van der Waals surface area contributed by atoms with Crippen LogP contribution in [0, 0.1) is 0 Å². The fourth-order valence-corrected chi connectivity index (χ4v) is 2.43. The third-order valence-corrected chi connectivity index (χ3v) is 3.80. The number of carbonyl (C=O) groups is 3. The normalized spacial score (nSPS) is 12.0. The predicted octanol–water partition coefficient (Wildman–Crippen LogP) is 2.47. The van der Waals surface area contributed by atoms with Gasteiger partial charge in [-0.25, -0.2) is 9.59 Å². The molecule has 0 aliphatic rings. The number of amides is 1. The molecule has 8 nitrogen and oxygen atoms in total. The summed E-state index contributed by atoms with van der Waals surface area (Å²) < 4.78 is 20.7. The van der Waals surface area contributed by atoms with Gasteiger partial charge in [0.1, 0.15) is 23.1 Å². The highest BCUT2D eigenvalue weighted by atomic mass is 16.6. The highest BCUT2D eigenvalue weighted by Crippen LogP contribution is 2.30. The van der Waals surface area contributed by atoms with E-state index in [4.69, 9.17) is 18.9 Å². The molecule has 0 N–H and O–H groups in total. The number of methoxy groups -OCH3 is 3. The number of hydrogen-bond acceptors (Lipinski definition) is 7. The maximum atomic E-state index is 12.4. The van der Waals surface area contributed by atoms with Crippen molar-refractivity contribution in [2.45, 2.75) is 38.8 Å². The molecule has 0 bridgehead atoms. The van der Waals surface area contributed by atoms with Crippen LogP contribution in [-0.2, 0) is 20.7 Å². The second kappa shape index (κ2) is 9.25. The fraction of sp³-hybridized carbons (Fsp3) is 0.526. The summed E-state index contributed by atoms with van der Waals surface area (Å²) in [4.78, 5) is 37.2. The second-order valence-electron chi connectivity index (χ2n) is 6.86. The molecule has 8 heteroatoms. The molecule has 27 heavy (non-hydrogen) atoms. The van der Waals surface area contributed by atoms with Crippen molar-refractivity contribution >= 4 is 18.3 Å². The molecule has 1 amide bonds. The van der Waals surface area contributed by atoms with E-state index in [1.165, 1.54) is 33.3 Å². The van der Waals surface area contributed by atoms with Crippen LogP contribution in [0.5, 0.6) is 11.5 Å². The molecule has 0 saturated heterocycles. The molecule has 0 radical (unpaired) electrons. The molecule has 1 aromatic rings. The van der Waals surface area contributed by atoms with Crippen LogP contribution in [0.25, 0.3) is 0 Å². The van der Waals surface area contributed by atoms with Crippen LogP contribution in [0.1, 0.15) is 36.7 Å². The fourth-order valence-electron chi connectivity index (χ4n) is 2.43. The lowest BCUT2D eigenvalue weighted by atomic mass is 10.0. The Kier molecular flexibility index (Phi) is 7.63.